The van der Waals surface area contributed by atoms with Crippen LogP contribution in [0.4, 0.5) is 5.69 Å². The Kier molecular flexibility index (Phi) is 7.30. The Morgan fingerprint density at radius 1 is 1.10 bits per heavy atom. The number of tetrazole rings is 1. The molecule has 2 aliphatic heterocycles. The molecular weight excluding hydrogens is 494 g/mol. The molecule has 0 saturated carbocycles. The number of H-pyrrole nitrogens is 1. The molecule has 1 N–H and O–H groups in total. The molecule has 2 aliphatic rings. The van der Waals surface area contributed by atoms with Crippen molar-refractivity contribution in [3.63, 3.8) is 0 Å². The summed E-state index contributed by atoms with van der Waals surface area (Å²) in [7, 11) is 1.68. The second-order valence-corrected chi connectivity index (χ2v) is 10.3. The van der Waals surface area contributed by atoms with Crippen LogP contribution in [-0.4, -0.2) is 76.1 Å². The number of fused-ring (bicyclic) bond motifs is 1. The summed E-state index contributed by atoms with van der Waals surface area (Å²) in [6.07, 6.45) is 3.05. The molecule has 39 heavy (non-hydrogen) atoms. The number of aromatic nitrogens is 5. The number of methoxy groups -OCH3 is 1. The predicted molar refractivity (Wildman–Crippen MR) is 149 cm³/mol. The first-order chi connectivity index (χ1) is 19.1. The van der Waals surface area contributed by atoms with Gasteiger partial charge in [0, 0.05) is 49.6 Å². The smallest absolute Gasteiger partial charge is 0.253 e. The van der Waals surface area contributed by atoms with Crippen LogP contribution in [0.3, 0.4) is 0 Å². The molecule has 0 spiro atoms. The van der Waals surface area contributed by atoms with Gasteiger partial charge in [0.1, 0.15) is 11.8 Å². The lowest BCUT2D eigenvalue weighted by Crippen LogP contribution is -2.49. The van der Waals surface area contributed by atoms with Gasteiger partial charge in [-0.05, 0) is 83.1 Å². The summed E-state index contributed by atoms with van der Waals surface area (Å²) in [5.41, 5.74) is 3.78. The SMILES string of the molecule is CCc1ccc2[nH]c(=O)c([C@H](c3nnnn3C[C@@H]3CCCO3)N3CCN(c4ccc(OC)cc4)CC3)cc2c1. The van der Waals surface area contributed by atoms with Crippen LogP contribution >= 0.6 is 0 Å². The molecule has 4 heterocycles. The van der Waals surface area contributed by atoms with Crippen molar-refractivity contribution in [1.82, 2.24) is 30.1 Å². The third-order valence-corrected chi connectivity index (χ3v) is 7.96. The molecule has 2 saturated heterocycles. The molecular formula is C29H35N7O3. The van der Waals surface area contributed by atoms with Crippen LogP contribution in [0.25, 0.3) is 10.9 Å². The summed E-state index contributed by atoms with van der Waals surface area (Å²) in [6, 6.07) is 16.0. The first-order valence-electron chi connectivity index (χ1n) is 13.8. The van der Waals surface area contributed by atoms with Crippen LogP contribution in [0.1, 0.15) is 42.8 Å². The molecule has 0 aliphatic carbocycles. The zero-order valence-electron chi connectivity index (χ0n) is 22.5. The van der Waals surface area contributed by atoms with E-state index in [9.17, 15) is 4.79 Å². The Hall–Kier alpha value is -3.76. The fraction of sp³-hybridized carbons (Fsp3) is 0.448. The van der Waals surface area contributed by atoms with Gasteiger partial charge in [0.25, 0.3) is 5.56 Å². The largest absolute Gasteiger partial charge is 0.497 e. The lowest BCUT2D eigenvalue weighted by atomic mass is 10.0. The van der Waals surface area contributed by atoms with Crippen LogP contribution in [0.15, 0.2) is 53.3 Å². The maximum atomic E-state index is 13.6. The lowest BCUT2D eigenvalue weighted by Gasteiger charge is -2.39. The molecule has 2 fully saturated rings. The van der Waals surface area contributed by atoms with Crippen LogP contribution in [0.5, 0.6) is 5.75 Å². The number of hydrogen-bond donors (Lipinski definition) is 1. The molecule has 0 bridgehead atoms. The average molecular weight is 530 g/mol. The van der Waals surface area contributed by atoms with Crippen molar-refractivity contribution in [2.24, 2.45) is 0 Å². The van der Waals surface area contributed by atoms with Crippen molar-refractivity contribution in [2.75, 3.05) is 44.8 Å². The molecule has 2 atom stereocenters. The van der Waals surface area contributed by atoms with Crippen molar-refractivity contribution >= 4 is 16.6 Å². The highest BCUT2D eigenvalue weighted by Gasteiger charge is 2.33. The monoisotopic (exact) mass is 529 g/mol. The van der Waals surface area contributed by atoms with Crippen molar-refractivity contribution < 1.29 is 9.47 Å². The molecule has 6 rings (SSSR count). The minimum Gasteiger partial charge on any atom is -0.497 e. The first-order valence-corrected chi connectivity index (χ1v) is 13.8. The maximum absolute atomic E-state index is 13.6. The number of aryl methyl sites for hydroxylation is 1. The Bertz CT molecular complexity index is 1470. The van der Waals surface area contributed by atoms with Crippen molar-refractivity contribution in [1.29, 1.82) is 0 Å². The number of aromatic amines is 1. The summed E-state index contributed by atoms with van der Waals surface area (Å²) < 4.78 is 13.0. The van der Waals surface area contributed by atoms with Crippen LogP contribution < -0.4 is 15.2 Å². The predicted octanol–water partition coefficient (Wildman–Crippen LogP) is 3.18. The number of anilines is 1. The fourth-order valence-corrected chi connectivity index (χ4v) is 5.75. The number of benzene rings is 2. The van der Waals surface area contributed by atoms with E-state index in [2.05, 4.69) is 61.5 Å². The third kappa shape index (κ3) is 5.26. The van der Waals surface area contributed by atoms with Crippen molar-refractivity contribution in [3.05, 3.63) is 75.8 Å². The van der Waals surface area contributed by atoms with Gasteiger partial charge in [-0.2, -0.15) is 0 Å². The second-order valence-electron chi connectivity index (χ2n) is 10.3. The van der Waals surface area contributed by atoms with E-state index in [4.69, 9.17) is 9.47 Å². The third-order valence-electron chi connectivity index (χ3n) is 7.96. The normalized spacial score (nSPS) is 19.0. The summed E-state index contributed by atoms with van der Waals surface area (Å²) >= 11 is 0. The van der Waals surface area contributed by atoms with Gasteiger partial charge in [0.2, 0.25) is 0 Å². The number of rotatable bonds is 8. The van der Waals surface area contributed by atoms with Crippen LogP contribution in [0.2, 0.25) is 0 Å². The summed E-state index contributed by atoms with van der Waals surface area (Å²) in [4.78, 5) is 21.4. The highest BCUT2D eigenvalue weighted by molar-refractivity contribution is 5.80. The fourth-order valence-electron chi connectivity index (χ4n) is 5.75. The van der Waals surface area contributed by atoms with Gasteiger partial charge >= 0.3 is 0 Å². The lowest BCUT2D eigenvalue weighted by molar-refractivity contribution is 0.0906. The van der Waals surface area contributed by atoms with Gasteiger partial charge in [-0.25, -0.2) is 4.68 Å². The molecule has 10 heteroatoms. The van der Waals surface area contributed by atoms with E-state index in [0.717, 1.165) is 74.4 Å². The molecule has 0 amide bonds. The van der Waals surface area contributed by atoms with E-state index in [1.807, 2.05) is 28.9 Å². The van der Waals surface area contributed by atoms with Gasteiger partial charge < -0.3 is 19.4 Å². The quantitative estimate of drug-likeness (QED) is 0.372. The molecule has 2 aromatic carbocycles. The van der Waals surface area contributed by atoms with E-state index in [1.54, 1.807) is 7.11 Å². The Balaban J connectivity index is 1.35. The highest BCUT2D eigenvalue weighted by Crippen LogP contribution is 2.30. The number of pyridine rings is 1. The number of nitrogens with zero attached hydrogens (tertiary/aromatic N) is 6. The molecule has 0 radical (unpaired) electrons. The minimum atomic E-state index is -0.377. The highest BCUT2D eigenvalue weighted by atomic mass is 16.5. The first kappa shape index (κ1) is 25.5. The van der Waals surface area contributed by atoms with Crippen molar-refractivity contribution in [2.45, 2.75) is 44.9 Å². The van der Waals surface area contributed by atoms with E-state index < -0.39 is 0 Å². The number of hydrogen-bond acceptors (Lipinski definition) is 8. The van der Waals surface area contributed by atoms with E-state index in [-0.39, 0.29) is 17.7 Å². The van der Waals surface area contributed by atoms with Gasteiger partial charge in [0.05, 0.1) is 19.8 Å². The number of ether oxygens (including phenoxy) is 2. The zero-order chi connectivity index (χ0) is 26.8. The summed E-state index contributed by atoms with van der Waals surface area (Å²) in [6.45, 7) is 6.65. The standard InChI is InChI=1S/C29H35N7O3/c1-3-20-6-11-26-21(17-20)18-25(29(37)30-26)27(28-31-32-33-36(28)19-24-5-4-16-39-24)35-14-12-34(13-15-35)22-7-9-23(38-2)10-8-22/h6-11,17-18,24,27H,3-5,12-16,19H2,1-2H3,(H,30,37)/t24-,27+/m0/s1. The molecule has 4 aromatic rings. The van der Waals surface area contributed by atoms with Crippen molar-refractivity contribution in [3.8, 4) is 5.75 Å². The Morgan fingerprint density at radius 2 is 1.92 bits per heavy atom. The Labute approximate surface area is 227 Å². The molecule has 0 unspecified atom stereocenters. The molecule has 204 valence electrons. The number of nitrogens with one attached hydrogen (secondary N) is 1. The second kappa shape index (κ2) is 11.2. The number of piperazine rings is 1. The molecule has 2 aromatic heterocycles. The van der Waals surface area contributed by atoms with Gasteiger partial charge in [0.15, 0.2) is 5.82 Å². The summed E-state index contributed by atoms with van der Waals surface area (Å²) in [5.74, 6) is 1.53. The topological polar surface area (TPSA) is 101 Å². The maximum Gasteiger partial charge on any atom is 0.253 e. The van der Waals surface area contributed by atoms with E-state index >= 15 is 0 Å². The zero-order valence-corrected chi connectivity index (χ0v) is 22.5. The van der Waals surface area contributed by atoms with Crippen LogP contribution in [0, 0.1) is 0 Å². The van der Waals surface area contributed by atoms with Crippen LogP contribution in [-0.2, 0) is 17.7 Å². The van der Waals surface area contributed by atoms with Gasteiger partial charge in [-0.15, -0.1) is 5.10 Å². The molecule has 10 nitrogen and oxygen atoms in total. The minimum absolute atomic E-state index is 0.0850. The summed E-state index contributed by atoms with van der Waals surface area (Å²) in [5, 5.41) is 13.9. The van der Waals surface area contributed by atoms with Gasteiger partial charge in [-0.3, -0.25) is 9.69 Å². The van der Waals surface area contributed by atoms with E-state index in [0.29, 0.717) is 17.9 Å². The van der Waals surface area contributed by atoms with Gasteiger partial charge in [-0.1, -0.05) is 13.0 Å². The Morgan fingerprint density at radius 3 is 2.64 bits per heavy atom. The average Bonchev–Trinajstić information content (AvgIpc) is 3.66. The van der Waals surface area contributed by atoms with E-state index in [1.165, 1.54) is 5.56 Å².